The van der Waals surface area contributed by atoms with E-state index in [2.05, 4.69) is 15.2 Å². The van der Waals surface area contributed by atoms with Crippen molar-refractivity contribution in [3.63, 3.8) is 0 Å². The molecule has 0 aliphatic rings. The van der Waals surface area contributed by atoms with Crippen LogP contribution in [-0.4, -0.2) is 28.5 Å². The Labute approximate surface area is 112 Å². The third-order valence-corrected chi connectivity index (χ3v) is 3.58. The first-order valence-electron chi connectivity index (χ1n) is 5.15. The van der Waals surface area contributed by atoms with E-state index in [1.807, 2.05) is 4.72 Å². The maximum Gasteiger partial charge on any atom is 0.271 e. The van der Waals surface area contributed by atoms with Crippen LogP contribution < -0.4 is 4.72 Å². The van der Waals surface area contributed by atoms with Gasteiger partial charge in [0.1, 0.15) is 16.5 Å². The maximum absolute atomic E-state index is 13.5. The lowest BCUT2D eigenvalue weighted by Crippen LogP contribution is -2.16. The fourth-order valence-corrected chi connectivity index (χ4v) is 2.42. The minimum Gasteiger partial charge on any atom is -0.261 e. The van der Waals surface area contributed by atoms with E-state index in [0.29, 0.717) is 18.0 Å². The van der Waals surface area contributed by atoms with E-state index in [-0.39, 0.29) is 5.95 Å². The zero-order valence-electron chi connectivity index (χ0n) is 9.99. The molecule has 0 bridgehead atoms. The molecule has 20 heavy (non-hydrogen) atoms. The molecule has 1 aromatic heterocycles. The Morgan fingerprint density at radius 2 is 2.15 bits per heavy atom. The monoisotopic (exact) mass is 301 g/mol. The topological polar surface area (TPSA) is 131 Å². The van der Waals surface area contributed by atoms with E-state index in [9.17, 15) is 22.9 Å². The molecule has 0 saturated carbocycles. The van der Waals surface area contributed by atoms with Gasteiger partial charge in [-0.25, -0.2) is 17.5 Å². The number of halogens is 1. The molecule has 0 unspecified atom stereocenters. The second kappa shape index (κ2) is 4.85. The van der Waals surface area contributed by atoms with Crippen LogP contribution in [0.25, 0.3) is 0 Å². The maximum atomic E-state index is 13.5. The Hall–Kier alpha value is -2.56. The van der Waals surface area contributed by atoms with Crippen molar-refractivity contribution in [2.45, 2.75) is 11.8 Å². The highest BCUT2D eigenvalue weighted by atomic mass is 32.2. The van der Waals surface area contributed by atoms with Crippen LogP contribution in [-0.2, 0) is 10.0 Å². The predicted octanol–water partition coefficient (Wildman–Crippen LogP) is 0.961. The molecule has 1 heterocycles. The quantitative estimate of drug-likeness (QED) is 0.638. The summed E-state index contributed by atoms with van der Waals surface area (Å²) in [6.45, 7) is 1.54. The molecule has 2 N–H and O–H groups in total. The number of aryl methyl sites for hydroxylation is 1. The number of nitro benzene ring substituents is 1. The number of hydrogen-bond donors (Lipinski definition) is 2. The molecule has 0 atom stereocenters. The highest BCUT2D eigenvalue weighted by molar-refractivity contribution is 7.92. The molecule has 0 saturated heterocycles. The standard InChI is InChI=1S/C9H8FN5O4S/c1-5-11-9(13-12-5)14-20(18,19)8-4-6(15(16)17)2-3-7(8)10/h2-4H,1H3,(H2,11,12,13,14). The average Bonchev–Trinajstić information content (AvgIpc) is 2.73. The Morgan fingerprint density at radius 3 is 2.70 bits per heavy atom. The van der Waals surface area contributed by atoms with Crippen molar-refractivity contribution in [1.29, 1.82) is 0 Å². The van der Waals surface area contributed by atoms with Gasteiger partial charge >= 0.3 is 0 Å². The lowest BCUT2D eigenvalue weighted by Gasteiger charge is -2.05. The van der Waals surface area contributed by atoms with E-state index in [1.54, 1.807) is 6.92 Å². The van der Waals surface area contributed by atoms with Gasteiger partial charge in [0.25, 0.3) is 21.7 Å². The first kappa shape index (κ1) is 13.9. The molecule has 106 valence electrons. The minimum atomic E-state index is -4.36. The summed E-state index contributed by atoms with van der Waals surface area (Å²) in [4.78, 5) is 12.6. The zero-order valence-corrected chi connectivity index (χ0v) is 10.8. The van der Waals surface area contributed by atoms with Crippen molar-refractivity contribution in [1.82, 2.24) is 15.2 Å². The number of nitrogens with zero attached hydrogens (tertiary/aromatic N) is 3. The molecule has 0 aliphatic carbocycles. The van der Waals surface area contributed by atoms with E-state index in [4.69, 9.17) is 0 Å². The number of benzene rings is 1. The van der Waals surface area contributed by atoms with Crippen molar-refractivity contribution in [2.24, 2.45) is 0 Å². The molecule has 2 aromatic rings. The van der Waals surface area contributed by atoms with Crippen LogP contribution >= 0.6 is 0 Å². The fraction of sp³-hybridized carbons (Fsp3) is 0.111. The van der Waals surface area contributed by atoms with Crippen LogP contribution in [0, 0.1) is 22.9 Å². The van der Waals surface area contributed by atoms with Crippen LogP contribution in [0.2, 0.25) is 0 Å². The molecule has 9 nitrogen and oxygen atoms in total. The van der Waals surface area contributed by atoms with E-state index in [1.165, 1.54) is 0 Å². The molecule has 0 spiro atoms. The molecule has 0 amide bonds. The summed E-state index contributed by atoms with van der Waals surface area (Å²) in [5.74, 6) is -1.05. The molecule has 11 heteroatoms. The molecule has 1 aromatic carbocycles. The summed E-state index contributed by atoms with van der Waals surface area (Å²) in [6, 6.07) is 2.19. The van der Waals surface area contributed by atoms with E-state index in [0.717, 1.165) is 6.07 Å². The van der Waals surface area contributed by atoms with Crippen LogP contribution in [0.4, 0.5) is 16.0 Å². The number of H-pyrrole nitrogens is 1. The first-order chi connectivity index (χ1) is 9.29. The number of nitrogens with one attached hydrogen (secondary N) is 2. The normalized spacial score (nSPS) is 11.3. The van der Waals surface area contributed by atoms with Gasteiger partial charge in [-0.2, -0.15) is 4.98 Å². The van der Waals surface area contributed by atoms with Crippen molar-refractivity contribution in [2.75, 3.05) is 4.72 Å². The number of rotatable bonds is 4. The smallest absolute Gasteiger partial charge is 0.261 e. The number of non-ortho nitro benzene ring substituents is 1. The van der Waals surface area contributed by atoms with E-state index >= 15 is 0 Å². The van der Waals surface area contributed by atoms with Gasteiger partial charge in [-0.15, -0.1) is 5.10 Å². The largest absolute Gasteiger partial charge is 0.271 e. The third-order valence-electron chi connectivity index (χ3n) is 2.24. The number of anilines is 1. The Kier molecular flexibility index (Phi) is 3.36. The molecule has 0 fully saturated rings. The van der Waals surface area contributed by atoms with Crippen molar-refractivity contribution >= 4 is 21.7 Å². The van der Waals surface area contributed by atoms with Crippen molar-refractivity contribution in [3.05, 3.63) is 40.0 Å². The Morgan fingerprint density at radius 1 is 1.45 bits per heavy atom. The van der Waals surface area contributed by atoms with Gasteiger partial charge in [0.2, 0.25) is 0 Å². The van der Waals surface area contributed by atoms with Gasteiger partial charge in [-0.1, -0.05) is 0 Å². The highest BCUT2D eigenvalue weighted by Gasteiger charge is 2.24. The summed E-state index contributed by atoms with van der Waals surface area (Å²) < 4.78 is 39.3. The van der Waals surface area contributed by atoms with Gasteiger partial charge < -0.3 is 0 Å². The summed E-state index contributed by atoms with van der Waals surface area (Å²) in [5, 5.41) is 16.5. The van der Waals surface area contributed by atoms with E-state index < -0.39 is 31.3 Å². The van der Waals surface area contributed by atoms with Gasteiger partial charge in [-0.3, -0.25) is 15.2 Å². The molecule has 2 rings (SSSR count). The van der Waals surface area contributed by atoms with Gasteiger partial charge in [-0.05, 0) is 13.0 Å². The minimum absolute atomic E-state index is 0.284. The second-order valence-electron chi connectivity index (χ2n) is 3.72. The third kappa shape index (κ3) is 2.71. The predicted molar refractivity (Wildman–Crippen MR) is 65.0 cm³/mol. The number of sulfonamides is 1. The Bertz CT molecular complexity index is 772. The molecule has 0 radical (unpaired) electrons. The SMILES string of the molecule is Cc1nc(NS(=O)(=O)c2cc([N+](=O)[O-])ccc2F)n[nH]1. The lowest BCUT2D eigenvalue weighted by atomic mass is 10.3. The van der Waals surface area contributed by atoms with Crippen LogP contribution in [0.5, 0.6) is 0 Å². The summed E-state index contributed by atoms with van der Waals surface area (Å²) in [6.07, 6.45) is 0. The summed E-state index contributed by atoms with van der Waals surface area (Å²) in [5.41, 5.74) is -0.544. The Balaban J connectivity index is 2.43. The average molecular weight is 301 g/mol. The van der Waals surface area contributed by atoms with Gasteiger partial charge in [0, 0.05) is 12.1 Å². The van der Waals surface area contributed by atoms with Crippen LogP contribution in [0.15, 0.2) is 23.1 Å². The molecule has 0 aliphatic heterocycles. The fourth-order valence-electron chi connectivity index (χ4n) is 1.38. The number of hydrogen-bond acceptors (Lipinski definition) is 6. The first-order valence-corrected chi connectivity index (χ1v) is 6.63. The van der Waals surface area contributed by atoms with Crippen molar-refractivity contribution in [3.8, 4) is 0 Å². The van der Waals surface area contributed by atoms with Gasteiger partial charge in [0.05, 0.1) is 4.92 Å². The molecular formula is C9H8FN5O4S. The highest BCUT2D eigenvalue weighted by Crippen LogP contribution is 2.22. The number of aromatic amines is 1. The van der Waals surface area contributed by atoms with Crippen LogP contribution in [0.3, 0.4) is 0 Å². The summed E-state index contributed by atoms with van der Waals surface area (Å²) >= 11 is 0. The van der Waals surface area contributed by atoms with Crippen molar-refractivity contribution < 1.29 is 17.7 Å². The van der Waals surface area contributed by atoms with Gasteiger partial charge in [0.15, 0.2) is 0 Å². The number of aromatic nitrogens is 3. The molecular weight excluding hydrogens is 293 g/mol. The zero-order chi connectivity index (χ0) is 14.9. The number of nitro groups is 1. The lowest BCUT2D eigenvalue weighted by molar-refractivity contribution is -0.385. The van der Waals surface area contributed by atoms with Crippen LogP contribution in [0.1, 0.15) is 5.82 Å². The summed E-state index contributed by atoms with van der Waals surface area (Å²) in [7, 11) is -4.36. The second-order valence-corrected chi connectivity index (χ2v) is 5.37.